The van der Waals surface area contributed by atoms with Crippen molar-refractivity contribution < 1.29 is 19.1 Å². The number of aryl methyl sites for hydroxylation is 1. The zero-order chi connectivity index (χ0) is 24.4. The third-order valence-electron chi connectivity index (χ3n) is 5.43. The lowest BCUT2D eigenvalue weighted by Gasteiger charge is -2.26. The van der Waals surface area contributed by atoms with Crippen molar-refractivity contribution >= 4 is 57.1 Å². The summed E-state index contributed by atoms with van der Waals surface area (Å²) in [5.41, 5.74) is 3.56. The van der Waals surface area contributed by atoms with Crippen LogP contribution >= 0.6 is 27.5 Å². The Morgan fingerprint density at radius 3 is 2.44 bits per heavy atom. The first-order valence-corrected chi connectivity index (χ1v) is 11.5. The number of amides is 4. The molecular formula is C26H20BrClN2O4. The largest absolute Gasteiger partial charge is 0.496 e. The average molecular weight is 540 g/mol. The Hall–Kier alpha value is -3.42. The molecule has 0 spiro atoms. The van der Waals surface area contributed by atoms with Crippen molar-refractivity contribution in [1.29, 1.82) is 0 Å². The first-order chi connectivity index (χ1) is 16.3. The number of imide groups is 2. The molecule has 1 N–H and O–H groups in total. The molecule has 6 nitrogen and oxygen atoms in total. The molecule has 1 fully saturated rings. The minimum atomic E-state index is -0.787. The number of barbiturate groups is 1. The van der Waals surface area contributed by atoms with Gasteiger partial charge in [0, 0.05) is 21.5 Å². The summed E-state index contributed by atoms with van der Waals surface area (Å²) < 4.78 is 6.32. The number of hydrogen-bond acceptors (Lipinski definition) is 4. The number of nitrogens with zero attached hydrogens (tertiary/aromatic N) is 1. The summed E-state index contributed by atoms with van der Waals surface area (Å²) >= 11 is 9.90. The van der Waals surface area contributed by atoms with Crippen LogP contribution in [0.3, 0.4) is 0 Å². The van der Waals surface area contributed by atoms with E-state index in [1.807, 2.05) is 31.2 Å². The summed E-state index contributed by atoms with van der Waals surface area (Å²) in [5.74, 6) is -0.891. The molecule has 1 aliphatic rings. The first-order valence-electron chi connectivity index (χ1n) is 10.4. The number of carbonyl (C=O) groups excluding carboxylic acids is 3. The highest BCUT2D eigenvalue weighted by molar-refractivity contribution is 9.10. The SMILES string of the molecule is COc1cc(/C=C2\C(=O)NC(=O)N(c3ccc(C)cc3)C2=O)cc(Br)c1Cc1ccccc1Cl. The minimum absolute atomic E-state index is 0.159. The van der Waals surface area contributed by atoms with Gasteiger partial charge in [-0.1, -0.05) is 63.4 Å². The lowest BCUT2D eigenvalue weighted by molar-refractivity contribution is -0.122. The molecular weight excluding hydrogens is 520 g/mol. The quantitative estimate of drug-likeness (QED) is 0.335. The second kappa shape index (κ2) is 9.83. The first kappa shape index (κ1) is 23.7. The Morgan fingerprint density at radius 2 is 1.76 bits per heavy atom. The Kier molecular flexibility index (Phi) is 6.86. The summed E-state index contributed by atoms with van der Waals surface area (Å²) in [6.45, 7) is 1.90. The molecule has 0 aliphatic carbocycles. The van der Waals surface area contributed by atoms with Gasteiger partial charge in [0.25, 0.3) is 11.8 Å². The van der Waals surface area contributed by atoms with Crippen molar-refractivity contribution in [3.8, 4) is 5.75 Å². The van der Waals surface area contributed by atoms with Crippen molar-refractivity contribution in [3.63, 3.8) is 0 Å². The lowest BCUT2D eigenvalue weighted by atomic mass is 10.0. The number of anilines is 1. The van der Waals surface area contributed by atoms with Gasteiger partial charge in [-0.15, -0.1) is 0 Å². The normalized spacial score (nSPS) is 15.0. The van der Waals surface area contributed by atoms with Crippen molar-refractivity contribution in [1.82, 2.24) is 5.32 Å². The molecule has 34 heavy (non-hydrogen) atoms. The van der Waals surface area contributed by atoms with Crippen molar-refractivity contribution in [3.05, 3.63) is 98.0 Å². The van der Waals surface area contributed by atoms with E-state index in [0.29, 0.717) is 28.4 Å². The standard InChI is InChI=1S/C26H20BrClN2O4/c1-15-7-9-18(10-8-15)30-25(32)20(24(31)29-26(30)33)11-16-12-21(27)19(23(13-16)34-2)14-17-5-3-4-6-22(17)28/h3-13H,14H2,1-2H3,(H,29,31,33)/b20-11+. The zero-order valence-corrected chi connectivity index (χ0v) is 20.7. The van der Waals surface area contributed by atoms with Gasteiger partial charge in [0.1, 0.15) is 11.3 Å². The topological polar surface area (TPSA) is 75.7 Å². The number of ether oxygens (including phenoxy) is 1. The van der Waals surface area contributed by atoms with Gasteiger partial charge in [-0.3, -0.25) is 14.9 Å². The molecule has 1 heterocycles. The molecule has 4 rings (SSSR count). The predicted molar refractivity (Wildman–Crippen MR) is 135 cm³/mol. The molecule has 0 aromatic heterocycles. The number of methoxy groups -OCH3 is 1. The molecule has 3 aromatic rings. The lowest BCUT2D eigenvalue weighted by Crippen LogP contribution is -2.54. The number of rotatable bonds is 5. The summed E-state index contributed by atoms with van der Waals surface area (Å²) in [6, 6.07) is 17.2. The summed E-state index contributed by atoms with van der Waals surface area (Å²) in [5, 5.41) is 2.88. The number of carbonyl (C=O) groups is 3. The molecule has 0 bridgehead atoms. The third kappa shape index (κ3) is 4.76. The summed E-state index contributed by atoms with van der Waals surface area (Å²) in [6.07, 6.45) is 1.97. The molecule has 0 radical (unpaired) electrons. The zero-order valence-electron chi connectivity index (χ0n) is 18.4. The van der Waals surface area contributed by atoms with Crippen LogP contribution in [0.4, 0.5) is 10.5 Å². The Balaban J connectivity index is 1.71. The van der Waals surface area contributed by atoms with E-state index in [0.717, 1.165) is 26.1 Å². The fourth-order valence-corrected chi connectivity index (χ4v) is 4.46. The molecule has 0 atom stereocenters. The van der Waals surface area contributed by atoms with Gasteiger partial charge in [-0.2, -0.15) is 0 Å². The van der Waals surface area contributed by atoms with Crippen LogP contribution < -0.4 is 15.0 Å². The molecule has 1 aliphatic heterocycles. The number of hydrogen-bond donors (Lipinski definition) is 1. The van der Waals surface area contributed by atoms with E-state index in [4.69, 9.17) is 16.3 Å². The van der Waals surface area contributed by atoms with E-state index in [2.05, 4.69) is 21.2 Å². The van der Waals surface area contributed by atoms with Crippen molar-refractivity contribution in [2.24, 2.45) is 0 Å². The van der Waals surface area contributed by atoms with Crippen LogP contribution in [-0.2, 0) is 16.0 Å². The van der Waals surface area contributed by atoms with Gasteiger partial charge in [0.2, 0.25) is 0 Å². The fourth-order valence-electron chi connectivity index (χ4n) is 3.65. The van der Waals surface area contributed by atoms with Gasteiger partial charge in [0.15, 0.2) is 0 Å². The predicted octanol–water partition coefficient (Wildman–Crippen LogP) is 5.68. The Morgan fingerprint density at radius 1 is 1.06 bits per heavy atom. The molecule has 3 aromatic carbocycles. The van der Waals surface area contributed by atoms with E-state index in [9.17, 15) is 14.4 Å². The maximum Gasteiger partial charge on any atom is 0.335 e. The Bertz CT molecular complexity index is 1340. The van der Waals surface area contributed by atoms with Crippen LogP contribution in [0, 0.1) is 6.92 Å². The van der Waals surface area contributed by atoms with Gasteiger partial charge >= 0.3 is 6.03 Å². The molecule has 4 amide bonds. The van der Waals surface area contributed by atoms with Gasteiger partial charge in [-0.05, 0) is 54.5 Å². The summed E-state index contributed by atoms with van der Waals surface area (Å²) in [4.78, 5) is 39.0. The van der Waals surface area contributed by atoms with Gasteiger partial charge < -0.3 is 4.74 Å². The maximum atomic E-state index is 13.1. The van der Waals surface area contributed by atoms with E-state index in [-0.39, 0.29) is 5.57 Å². The van der Waals surface area contributed by atoms with Crippen molar-refractivity contribution in [2.75, 3.05) is 12.0 Å². The van der Waals surface area contributed by atoms with Crippen LogP contribution in [0.25, 0.3) is 6.08 Å². The highest BCUT2D eigenvalue weighted by Crippen LogP contribution is 2.34. The highest BCUT2D eigenvalue weighted by Gasteiger charge is 2.36. The number of nitrogens with one attached hydrogen (secondary N) is 1. The van der Waals surface area contributed by atoms with Crippen LogP contribution in [0.5, 0.6) is 5.75 Å². The molecule has 172 valence electrons. The fraction of sp³-hybridized carbons (Fsp3) is 0.115. The van der Waals surface area contributed by atoms with Crippen molar-refractivity contribution in [2.45, 2.75) is 13.3 Å². The second-order valence-corrected chi connectivity index (χ2v) is 9.01. The average Bonchev–Trinajstić information content (AvgIpc) is 2.80. The highest BCUT2D eigenvalue weighted by atomic mass is 79.9. The van der Waals surface area contributed by atoms with Crippen LogP contribution in [0.15, 0.2) is 70.7 Å². The number of urea groups is 1. The molecule has 0 saturated carbocycles. The van der Waals surface area contributed by atoms with Gasteiger partial charge in [0.05, 0.1) is 12.8 Å². The van der Waals surface area contributed by atoms with Gasteiger partial charge in [-0.25, -0.2) is 9.69 Å². The summed E-state index contributed by atoms with van der Waals surface area (Å²) in [7, 11) is 1.55. The van der Waals surface area contributed by atoms with Crippen LogP contribution in [-0.4, -0.2) is 25.0 Å². The van der Waals surface area contributed by atoms with Crippen LogP contribution in [0.2, 0.25) is 5.02 Å². The second-order valence-electron chi connectivity index (χ2n) is 7.75. The monoisotopic (exact) mass is 538 g/mol. The molecule has 0 unspecified atom stereocenters. The molecule has 8 heteroatoms. The van der Waals surface area contributed by atoms with E-state index in [1.165, 1.54) is 6.08 Å². The minimum Gasteiger partial charge on any atom is -0.496 e. The van der Waals surface area contributed by atoms with E-state index in [1.54, 1.807) is 43.5 Å². The van der Waals surface area contributed by atoms with E-state index >= 15 is 0 Å². The maximum absolute atomic E-state index is 13.1. The van der Waals surface area contributed by atoms with E-state index < -0.39 is 17.8 Å². The smallest absolute Gasteiger partial charge is 0.335 e. The third-order valence-corrected chi connectivity index (χ3v) is 6.50. The number of halogens is 2. The Labute approximate surface area is 210 Å². The number of benzene rings is 3. The van der Waals surface area contributed by atoms with Crippen LogP contribution in [0.1, 0.15) is 22.3 Å². The molecule has 1 saturated heterocycles.